The summed E-state index contributed by atoms with van der Waals surface area (Å²) in [7, 11) is -3.39. The Hall–Kier alpha value is -0.640. The summed E-state index contributed by atoms with van der Waals surface area (Å²) in [6.45, 7) is -0.786. The van der Waals surface area contributed by atoms with Gasteiger partial charge in [0.05, 0.1) is 12.8 Å². The van der Waals surface area contributed by atoms with Crippen LogP contribution < -0.4 is 0 Å². The lowest BCUT2D eigenvalue weighted by Gasteiger charge is -2.61. The fourth-order valence-corrected chi connectivity index (χ4v) is 4.70. The van der Waals surface area contributed by atoms with Crippen molar-refractivity contribution in [2.75, 3.05) is 25.9 Å². The van der Waals surface area contributed by atoms with Crippen molar-refractivity contribution in [1.82, 2.24) is 9.21 Å². The van der Waals surface area contributed by atoms with Crippen molar-refractivity contribution in [2.24, 2.45) is 0 Å². The fraction of sp³-hybridized carbons (Fsp3) is 0.571. The van der Waals surface area contributed by atoms with Crippen molar-refractivity contribution in [3.63, 3.8) is 0 Å². The molecule has 0 aliphatic carbocycles. The van der Waals surface area contributed by atoms with E-state index in [1.54, 1.807) is 0 Å². The first kappa shape index (κ1) is 17.2. The third-order valence-electron chi connectivity index (χ3n) is 4.55. The molecule has 0 spiro atoms. The van der Waals surface area contributed by atoms with E-state index >= 15 is 0 Å². The Bertz CT molecular complexity index is 679. The molecule has 9 heteroatoms. The Morgan fingerprint density at radius 3 is 2.13 bits per heavy atom. The zero-order valence-electron chi connectivity index (χ0n) is 12.3. The zero-order chi connectivity index (χ0) is 17.0. The summed E-state index contributed by atoms with van der Waals surface area (Å²) in [4.78, 5) is 1.38. The molecule has 1 aromatic carbocycles. The van der Waals surface area contributed by atoms with Gasteiger partial charge in [-0.25, -0.2) is 8.42 Å². The molecule has 23 heavy (non-hydrogen) atoms. The van der Waals surface area contributed by atoms with Crippen LogP contribution in [0.3, 0.4) is 0 Å². The number of piperidine rings is 1. The average Bonchev–Trinajstić information content (AvgIpc) is 2.43. The maximum atomic E-state index is 12.8. The minimum absolute atomic E-state index is 0.0662. The molecule has 4 rings (SSSR count). The first-order valence-corrected chi connectivity index (χ1v) is 9.73. The van der Waals surface area contributed by atoms with Crippen LogP contribution in [0.5, 0.6) is 0 Å². The Balaban J connectivity index is 1.85. The number of halogens is 4. The lowest BCUT2D eigenvalue weighted by atomic mass is 9.72. The Labute approximate surface area is 141 Å². The largest absolute Gasteiger partial charge is 0.401 e. The van der Waals surface area contributed by atoms with E-state index in [-0.39, 0.29) is 19.0 Å². The second kappa shape index (κ2) is 5.72. The van der Waals surface area contributed by atoms with Gasteiger partial charge < -0.3 is 0 Å². The molecule has 1 aromatic rings. The van der Waals surface area contributed by atoms with Crippen LogP contribution in [0.25, 0.3) is 0 Å². The second-order valence-electron chi connectivity index (χ2n) is 6.08. The number of rotatable bonds is 3. The van der Waals surface area contributed by atoms with Crippen molar-refractivity contribution in [2.45, 2.75) is 24.2 Å². The van der Waals surface area contributed by atoms with Gasteiger partial charge in [-0.1, -0.05) is 28.1 Å². The van der Waals surface area contributed by atoms with Crippen LogP contribution in [0.1, 0.15) is 11.5 Å². The molecule has 4 nitrogen and oxygen atoms in total. The highest BCUT2D eigenvalue weighted by molar-refractivity contribution is 9.10. The predicted molar refractivity (Wildman–Crippen MR) is 83.6 cm³/mol. The zero-order valence-corrected chi connectivity index (χ0v) is 14.7. The van der Waals surface area contributed by atoms with E-state index in [1.807, 2.05) is 24.3 Å². The van der Waals surface area contributed by atoms with Gasteiger partial charge in [0.2, 0.25) is 10.0 Å². The van der Waals surface area contributed by atoms with Crippen molar-refractivity contribution in [3.05, 3.63) is 34.3 Å². The average molecular weight is 413 g/mol. The number of nitrogens with zero attached hydrogens (tertiary/aromatic N) is 2. The smallest absolute Gasteiger partial charge is 0.285 e. The molecule has 3 heterocycles. The summed E-state index contributed by atoms with van der Waals surface area (Å²) < 4.78 is 63.9. The SMILES string of the molecule is CS(=O)(=O)N1CC2C(c3ccc(Br)cc3)C(C1)N2CC(F)(F)F. The Morgan fingerprint density at radius 2 is 1.70 bits per heavy atom. The van der Waals surface area contributed by atoms with E-state index in [4.69, 9.17) is 0 Å². The van der Waals surface area contributed by atoms with Crippen LogP contribution in [0.4, 0.5) is 13.2 Å². The number of piperazine rings is 1. The summed E-state index contributed by atoms with van der Waals surface area (Å²) >= 11 is 3.34. The van der Waals surface area contributed by atoms with Crippen LogP contribution in [-0.2, 0) is 10.0 Å². The van der Waals surface area contributed by atoms with Gasteiger partial charge in [0, 0.05) is 35.6 Å². The number of fused-ring (bicyclic) bond motifs is 2. The fourth-order valence-electron chi connectivity index (χ4n) is 3.58. The van der Waals surface area contributed by atoms with Gasteiger partial charge in [0.15, 0.2) is 0 Å². The standard InChI is InChI=1S/C14H16BrF3N2O2S/c1-23(21,22)19-6-11-13(9-2-4-10(15)5-3-9)12(7-19)20(11)8-14(16,17)18/h2-5,11-13H,6-8H2,1H3. The molecule has 3 fully saturated rings. The van der Waals surface area contributed by atoms with Crippen molar-refractivity contribution < 1.29 is 21.6 Å². The van der Waals surface area contributed by atoms with E-state index in [9.17, 15) is 21.6 Å². The number of alkyl halides is 3. The molecule has 0 radical (unpaired) electrons. The summed E-state index contributed by atoms with van der Waals surface area (Å²) in [5.41, 5.74) is 0.953. The predicted octanol–water partition coefficient (Wildman–Crippen LogP) is 2.42. The molecule has 3 aliphatic heterocycles. The molecule has 2 atom stereocenters. The van der Waals surface area contributed by atoms with Crippen LogP contribution in [0, 0.1) is 0 Å². The summed E-state index contributed by atoms with van der Waals surface area (Å²) in [6, 6.07) is 6.60. The summed E-state index contributed by atoms with van der Waals surface area (Å²) in [5, 5.41) is 0. The topological polar surface area (TPSA) is 40.6 Å². The van der Waals surface area contributed by atoms with E-state index in [1.165, 1.54) is 9.21 Å². The van der Waals surface area contributed by atoms with Crippen molar-refractivity contribution in [3.8, 4) is 0 Å². The monoisotopic (exact) mass is 412 g/mol. The third-order valence-corrected chi connectivity index (χ3v) is 6.31. The molecule has 0 aromatic heterocycles. The van der Waals surface area contributed by atoms with Gasteiger partial charge in [-0.2, -0.15) is 17.5 Å². The lowest BCUT2D eigenvalue weighted by molar-refractivity contribution is -0.189. The van der Waals surface area contributed by atoms with Crippen LogP contribution in [0.15, 0.2) is 28.7 Å². The van der Waals surface area contributed by atoms with Crippen molar-refractivity contribution >= 4 is 26.0 Å². The van der Waals surface area contributed by atoms with Crippen LogP contribution >= 0.6 is 15.9 Å². The molecular weight excluding hydrogens is 397 g/mol. The minimum Gasteiger partial charge on any atom is -0.285 e. The van der Waals surface area contributed by atoms with Gasteiger partial charge in [-0.15, -0.1) is 0 Å². The molecule has 0 saturated carbocycles. The lowest BCUT2D eigenvalue weighted by Crippen LogP contribution is -2.74. The molecule has 2 bridgehead atoms. The molecule has 3 saturated heterocycles. The number of hydrogen-bond acceptors (Lipinski definition) is 3. The van der Waals surface area contributed by atoms with Crippen molar-refractivity contribution in [1.29, 1.82) is 0 Å². The summed E-state index contributed by atoms with van der Waals surface area (Å²) in [5.74, 6) is -0.0662. The molecule has 2 unspecified atom stereocenters. The van der Waals surface area contributed by atoms with E-state index < -0.39 is 34.8 Å². The van der Waals surface area contributed by atoms with E-state index in [0.717, 1.165) is 16.3 Å². The molecule has 0 amide bonds. The Kier molecular flexibility index (Phi) is 4.27. The quantitative estimate of drug-likeness (QED) is 0.765. The first-order chi connectivity index (χ1) is 10.6. The molecule has 0 N–H and O–H groups in total. The maximum absolute atomic E-state index is 12.8. The van der Waals surface area contributed by atoms with Crippen LogP contribution in [-0.4, -0.2) is 61.8 Å². The summed E-state index contributed by atoms with van der Waals surface area (Å²) in [6.07, 6.45) is -3.19. The maximum Gasteiger partial charge on any atom is 0.401 e. The van der Waals surface area contributed by atoms with Gasteiger partial charge in [0.25, 0.3) is 0 Å². The molecule has 3 aliphatic rings. The minimum atomic E-state index is -4.28. The highest BCUT2D eigenvalue weighted by Crippen LogP contribution is 2.46. The Morgan fingerprint density at radius 1 is 1.17 bits per heavy atom. The third kappa shape index (κ3) is 3.42. The normalized spacial score (nSPS) is 29.3. The highest BCUT2D eigenvalue weighted by atomic mass is 79.9. The first-order valence-electron chi connectivity index (χ1n) is 7.09. The molecular formula is C14H16BrF3N2O2S. The van der Waals surface area contributed by atoms with E-state index in [2.05, 4.69) is 15.9 Å². The van der Waals surface area contributed by atoms with Crippen LogP contribution in [0.2, 0.25) is 0 Å². The van der Waals surface area contributed by atoms with Gasteiger partial charge in [0.1, 0.15) is 0 Å². The van der Waals surface area contributed by atoms with Gasteiger partial charge >= 0.3 is 6.18 Å². The number of sulfonamides is 1. The van der Waals surface area contributed by atoms with Gasteiger partial charge in [-0.05, 0) is 17.7 Å². The second-order valence-corrected chi connectivity index (χ2v) is 8.98. The molecule has 128 valence electrons. The van der Waals surface area contributed by atoms with E-state index in [0.29, 0.717) is 0 Å². The van der Waals surface area contributed by atoms with Gasteiger partial charge in [-0.3, -0.25) is 4.90 Å². The number of benzene rings is 1. The number of hydrogen-bond donors (Lipinski definition) is 0. The highest BCUT2D eigenvalue weighted by Gasteiger charge is 2.57.